The van der Waals surface area contributed by atoms with Crippen LogP contribution in [-0.4, -0.2) is 39.5 Å². The molecule has 0 aromatic carbocycles. The molecule has 114 valence electrons. The molecule has 0 aromatic rings. The van der Waals surface area contributed by atoms with Crippen molar-refractivity contribution in [2.45, 2.75) is 32.9 Å². The average molecular weight is 314 g/mol. The highest BCUT2D eigenvalue weighted by molar-refractivity contribution is 7.86. The normalized spacial score (nSPS) is 15.8. The molecular formula is C11H23O6PS. The number of rotatable bonds is 9. The van der Waals surface area contributed by atoms with E-state index in [0.29, 0.717) is 6.42 Å². The Labute approximate surface area is 116 Å². The van der Waals surface area contributed by atoms with Crippen molar-refractivity contribution in [2.24, 2.45) is 11.8 Å². The first kappa shape index (κ1) is 18.6. The van der Waals surface area contributed by atoms with Crippen LogP contribution in [0.1, 0.15) is 27.2 Å². The van der Waals surface area contributed by atoms with Gasteiger partial charge in [0.1, 0.15) is 0 Å². The summed E-state index contributed by atoms with van der Waals surface area (Å²) in [6.07, 6.45) is 1.41. The lowest BCUT2D eigenvalue weighted by molar-refractivity contribution is -0.148. The Bertz CT molecular complexity index is 392. The zero-order chi connectivity index (χ0) is 15.1. The Morgan fingerprint density at radius 1 is 1.32 bits per heavy atom. The lowest BCUT2D eigenvalue weighted by Crippen LogP contribution is -2.31. The topological polar surface area (TPSA) is 86.7 Å². The Kier molecular flexibility index (Phi) is 8.54. The molecule has 0 aliphatic rings. The van der Waals surface area contributed by atoms with E-state index in [9.17, 15) is 17.8 Å². The molecule has 0 heterocycles. The van der Waals surface area contributed by atoms with Gasteiger partial charge in [0.2, 0.25) is 0 Å². The van der Waals surface area contributed by atoms with Gasteiger partial charge in [0, 0.05) is 5.66 Å². The number of ether oxygens (including phenoxy) is 1. The Hall–Kier alpha value is -0.390. The van der Waals surface area contributed by atoms with Gasteiger partial charge in [-0.2, -0.15) is 8.42 Å². The Morgan fingerprint density at radius 3 is 2.26 bits per heavy atom. The third-order valence-electron chi connectivity index (χ3n) is 2.48. The van der Waals surface area contributed by atoms with Gasteiger partial charge >= 0.3 is 5.97 Å². The summed E-state index contributed by atoms with van der Waals surface area (Å²) < 4.78 is 42.8. The summed E-state index contributed by atoms with van der Waals surface area (Å²) in [5.74, 6) is -0.822. The zero-order valence-corrected chi connectivity index (χ0v) is 13.8. The molecule has 0 aromatic heterocycles. The summed E-state index contributed by atoms with van der Waals surface area (Å²) in [6, 6.07) is 0. The van der Waals surface area contributed by atoms with Crippen LogP contribution in [0.5, 0.6) is 0 Å². The minimum Gasteiger partial charge on any atom is -0.466 e. The summed E-state index contributed by atoms with van der Waals surface area (Å²) in [5, 5.41) is 0. The van der Waals surface area contributed by atoms with Gasteiger partial charge in [0.25, 0.3) is 10.1 Å². The standard InChI is InChI=1S/C11H23O6PS/c1-5-16-11(12)9(6-8(2)3)10(18-13)7-17-19(4,14)15/h8-10H,5-7,18H2,1-4H3. The Balaban J connectivity index is 4.86. The first-order valence-electron chi connectivity index (χ1n) is 6.17. The summed E-state index contributed by atoms with van der Waals surface area (Å²) in [5.41, 5.74) is -0.615. The summed E-state index contributed by atoms with van der Waals surface area (Å²) in [7, 11) is -4.94. The third-order valence-corrected chi connectivity index (χ3v) is 4.05. The van der Waals surface area contributed by atoms with E-state index in [1.54, 1.807) is 6.92 Å². The molecule has 3 unspecified atom stereocenters. The second kappa shape index (κ2) is 8.72. The van der Waals surface area contributed by atoms with E-state index < -0.39 is 36.1 Å². The number of carbonyl (C=O) groups excluding carboxylic acids is 1. The van der Waals surface area contributed by atoms with Crippen LogP contribution in [0.3, 0.4) is 0 Å². The van der Waals surface area contributed by atoms with Gasteiger partial charge in [-0.15, -0.1) is 0 Å². The van der Waals surface area contributed by atoms with Gasteiger partial charge in [0.05, 0.1) is 33.8 Å². The molecule has 0 rings (SSSR count). The van der Waals surface area contributed by atoms with Crippen molar-refractivity contribution in [1.82, 2.24) is 0 Å². The van der Waals surface area contributed by atoms with Gasteiger partial charge in [-0.1, -0.05) is 13.8 Å². The summed E-state index contributed by atoms with van der Waals surface area (Å²) in [4.78, 5) is 11.9. The predicted octanol–water partition coefficient (Wildman–Crippen LogP) is 1.31. The number of carbonyl (C=O) groups is 1. The van der Waals surface area contributed by atoms with Gasteiger partial charge < -0.3 is 9.30 Å². The highest BCUT2D eigenvalue weighted by Gasteiger charge is 2.30. The van der Waals surface area contributed by atoms with Crippen molar-refractivity contribution in [1.29, 1.82) is 0 Å². The first-order valence-corrected chi connectivity index (χ1v) is 9.13. The lowest BCUT2D eigenvalue weighted by atomic mass is 9.94. The fourth-order valence-electron chi connectivity index (χ4n) is 1.66. The fraction of sp³-hybridized carbons (Fsp3) is 0.909. The molecule has 3 atom stereocenters. The quantitative estimate of drug-likeness (QED) is 0.362. The minimum atomic E-state index is -3.61. The molecule has 0 aliphatic carbocycles. The monoisotopic (exact) mass is 314 g/mol. The number of esters is 1. The molecular weight excluding hydrogens is 291 g/mol. The SMILES string of the molecule is CCOC(=O)C(CC(C)C)C(COS(C)(=O)=O)[PH2]=O. The van der Waals surface area contributed by atoms with Crippen LogP contribution in [0.4, 0.5) is 0 Å². The van der Waals surface area contributed by atoms with Crippen LogP contribution < -0.4 is 0 Å². The van der Waals surface area contributed by atoms with Crippen LogP contribution >= 0.6 is 8.46 Å². The Morgan fingerprint density at radius 2 is 1.89 bits per heavy atom. The second-order valence-corrected chi connectivity index (χ2v) is 7.55. The number of hydrogen-bond donors (Lipinski definition) is 0. The van der Waals surface area contributed by atoms with Crippen LogP contribution in [-0.2, 0) is 28.4 Å². The molecule has 0 spiro atoms. The molecule has 6 nitrogen and oxygen atoms in total. The first-order chi connectivity index (χ1) is 8.71. The van der Waals surface area contributed by atoms with Crippen LogP contribution in [0.15, 0.2) is 0 Å². The van der Waals surface area contributed by atoms with E-state index in [4.69, 9.17) is 4.74 Å². The van der Waals surface area contributed by atoms with Crippen molar-refractivity contribution in [3.63, 3.8) is 0 Å². The van der Waals surface area contributed by atoms with E-state index in [1.807, 2.05) is 13.8 Å². The highest BCUT2D eigenvalue weighted by Crippen LogP contribution is 2.26. The van der Waals surface area contributed by atoms with E-state index >= 15 is 0 Å². The van der Waals surface area contributed by atoms with Crippen molar-refractivity contribution in [3.05, 3.63) is 0 Å². The molecule has 0 N–H and O–H groups in total. The maximum atomic E-state index is 11.9. The van der Waals surface area contributed by atoms with E-state index in [-0.39, 0.29) is 19.1 Å². The van der Waals surface area contributed by atoms with Gasteiger partial charge in [-0.25, -0.2) is 0 Å². The molecule has 0 saturated carbocycles. The summed E-state index contributed by atoms with van der Waals surface area (Å²) in [6.45, 7) is 5.55. The molecule has 0 aliphatic heterocycles. The average Bonchev–Trinajstić information content (AvgIpc) is 2.26. The largest absolute Gasteiger partial charge is 0.466 e. The molecule has 19 heavy (non-hydrogen) atoms. The van der Waals surface area contributed by atoms with Crippen molar-refractivity contribution in [3.8, 4) is 0 Å². The van der Waals surface area contributed by atoms with E-state index in [0.717, 1.165) is 6.26 Å². The molecule has 0 amide bonds. The van der Waals surface area contributed by atoms with Gasteiger partial charge in [-0.3, -0.25) is 8.98 Å². The van der Waals surface area contributed by atoms with Crippen molar-refractivity contribution < 1.29 is 26.7 Å². The lowest BCUT2D eigenvalue weighted by Gasteiger charge is -2.22. The second-order valence-electron chi connectivity index (χ2n) is 4.78. The molecule has 0 saturated heterocycles. The van der Waals surface area contributed by atoms with Crippen LogP contribution in [0.2, 0.25) is 0 Å². The fourth-order valence-corrected chi connectivity index (χ4v) is 2.88. The molecule has 0 radical (unpaired) electrons. The predicted molar refractivity (Wildman–Crippen MR) is 74.6 cm³/mol. The number of hydrogen-bond acceptors (Lipinski definition) is 6. The van der Waals surface area contributed by atoms with E-state index in [2.05, 4.69) is 4.18 Å². The maximum absolute atomic E-state index is 11.9. The van der Waals surface area contributed by atoms with Gasteiger partial charge in [0.15, 0.2) is 0 Å². The minimum absolute atomic E-state index is 0.209. The molecule has 8 heteroatoms. The molecule has 0 fully saturated rings. The van der Waals surface area contributed by atoms with Crippen LogP contribution in [0.25, 0.3) is 0 Å². The molecule has 0 bridgehead atoms. The zero-order valence-electron chi connectivity index (χ0n) is 11.8. The smallest absolute Gasteiger partial charge is 0.309 e. The van der Waals surface area contributed by atoms with E-state index in [1.165, 1.54) is 0 Å². The highest BCUT2D eigenvalue weighted by atomic mass is 32.2. The van der Waals surface area contributed by atoms with Crippen molar-refractivity contribution >= 4 is 24.5 Å². The third kappa shape index (κ3) is 8.39. The van der Waals surface area contributed by atoms with Crippen LogP contribution in [0, 0.1) is 11.8 Å². The van der Waals surface area contributed by atoms with Crippen molar-refractivity contribution in [2.75, 3.05) is 19.5 Å². The summed E-state index contributed by atoms with van der Waals surface area (Å²) >= 11 is 0. The van der Waals surface area contributed by atoms with Gasteiger partial charge in [-0.05, 0) is 19.3 Å². The maximum Gasteiger partial charge on any atom is 0.309 e.